The summed E-state index contributed by atoms with van der Waals surface area (Å²) >= 11 is 1.32. The van der Waals surface area contributed by atoms with Crippen molar-refractivity contribution < 1.29 is 13.5 Å². The molecule has 1 unspecified atom stereocenters. The molecular formula is C12H12F2N2OS. The van der Waals surface area contributed by atoms with Crippen molar-refractivity contribution in [2.24, 2.45) is 5.84 Å². The van der Waals surface area contributed by atoms with Crippen LogP contribution >= 0.6 is 11.3 Å². The van der Waals surface area contributed by atoms with Gasteiger partial charge in [-0.1, -0.05) is 6.07 Å². The largest absolute Gasteiger partial charge is 0.496 e. The zero-order chi connectivity index (χ0) is 13.1. The van der Waals surface area contributed by atoms with Crippen LogP contribution in [0.2, 0.25) is 0 Å². The van der Waals surface area contributed by atoms with Crippen molar-refractivity contribution in [3.63, 3.8) is 0 Å². The number of ether oxygens (including phenoxy) is 1. The lowest BCUT2D eigenvalue weighted by Gasteiger charge is -2.17. The first-order chi connectivity index (χ1) is 8.69. The van der Waals surface area contributed by atoms with E-state index in [4.69, 9.17) is 10.6 Å². The molecule has 0 saturated carbocycles. The maximum Gasteiger partial charge on any atom is 0.134 e. The molecule has 2 aromatic rings. The molecule has 1 atom stereocenters. The number of rotatable bonds is 4. The third-order valence-electron chi connectivity index (χ3n) is 2.59. The Morgan fingerprint density at radius 2 is 1.94 bits per heavy atom. The highest BCUT2D eigenvalue weighted by atomic mass is 32.1. The molecule has 0 aliphatic carbocycles. The van der Waals surface area contributed by atoms with Gasteiger partial charge in [-0.25, -0.2) is 14.2 Å². The van der Waals surface area contributed by atoms with E-state index in [2.05, 4.69) is 5.43 Å². The molecule has 0 radical (unpaired) electrons. The Morgan fingerprint density at radius 3 is 2.50 bits per heavy atom. The van der Waals surface area contributed by atoms with E-state index in [0.29, 0.717) is 10.6 Å². The van der Waals surface area contributed by atoms with Crippen molar-refractivity contribution in [3.05, 3.63) is 51.7 Å². The van der Waals surface area contributed by atoms with Gasteiger partial charge in [-0.15, -0.1) is 11.3 Å². The summed E-state index contributed by atoms with van der Waals surface area (Å²) < 4.78 is 32.6. The van der Waals surface area contributed by atoms with Gasteiger partial charge in [-0.2, -0.15) is 0 Å². The first-order valence-electron chi connectivity index (χ1n) is 5.20. The van der Waals surface area contributed by atoms with Crippen LogP contribution in [0.15, 0.2) is 29.6 Å². The van der Waals surface area contributed by atoms with Crippen molar-refractivity contribution in [3.8, 4) is 5.75 Å². The lowest BCUT2D eigenvalue weighted by Crippen LogP contribution is -2.30. The minimum absolute atomic E-state index is 0.110. The summed E-state index contributed by atoms with van der Waals surface area (Å²) in [5.41, 5.74) is 2.32. The van der Waals surface area contributed by atoms with E-state index in [1.807, 2.05) is 0 Å². The Kier molecular flexibility index (Phi) is 3.90. The second-order valence-electron chi connectivity index (χ2n) is 3.59. The second-order valence-corrected chi connectivity index (χ2v) is 4.54. The fraction of sp³-hybridized carbons (Fsp3) is 0.167. The molecule has 0 fully saturated rings. The van der Waals surface area contributed by atoms with Crippen molar-refractivity contribution in [2.45, 2.75) is 6.04 Å². The van der Waals surface area contributed by atoms with Gasteiger partial charge in [0.15, 0.2) is 0 Å². The molecule has 0 aliphatic rings. The van der Waals surface area contributed by atoms with Crippen LogP contribution < -0.4 is 16.0 Å². The van der Waals surface area contributed by atoms with Crippen LogP contribution in [-0.2, 0) is 0 Å². The molecule has 6 heteroatoms. The molecule has 0 saturated heterocycles. The molecule has 3 N–H and O–H groups in total. The van der Waals surface area contributed by atoms with Gasteiger partial charge in [0, 0.05) is 5.56 Å². The monoisotopic (exact) mass is 270 g/mol. The molecule has 3 nitrogen and oxygen atoms in total. The molecule has 96 valence electrons. The van der Waals surface area contributed by atoms with Gasteiger partial charge in [-0.3, -0.25) is 5.84 Å². The van der Waals surface area contributed by atoms with Crippen LogP contribution in [0.4, 0.5) is 8.78 Å². The van der Waals surface area contributed by atoms with Crippen molar-refractivity contribution >= 4 is 11.3 Å². The Labute approximate surface area is 107 Å². The van der Waals surface area contributed by atoms with Gasteiger partial charge >= 0.3 is 0 Å². The Hall–Kier alpha value is -1.50. The second kappa shape index (κ2) is 5.43. The third-order valence-corrected chi connectivity index (χ3v) is 3.56. The molecule has 0 amide bonds. The van der Waals surface area contributed by atoms with Crippen LogP contribution in [0.3, 0.4) is 0 Å². The van der Waals surface area contributed by atoms with Gasteiger partial charge in [-0.05, 0) is 23.6 Å². The molecule has 0 bridgehead atoms. The van der Waals surface area contributed by atoms with E-state index >= 15 is 0 Å². The van der Waals surface area contributed by atoms with E-state index in [1.54, 1.807) is 11.4 Å². The number of hydrogen-bond acceptors (Lipinski definition) is 4. The summed E-state index contributed by atoms with van der Waals surface area (Å²) in [4.78, 5) is 0.629. The SMILES string of the molecule is COc1ccsc1C(NN)c1c(F)cccc1F. The first kappa shape index (κ1) is 12.9. The van der Waals surface area contributed by atoms with Gasteiger partial charge in [0.1, 0.15) is 17.4 Å². The Balaban J connectivity index is 2.52. The third kappa shape index (κ3) is 2.22. The van der Waals surface area contributed by atoms with E-state index in [9.17, 15) is 8.78 Å². The summed E-state index contributed by atoms with van der Waals surface area (Å²) in [6.45, 7) is 0. The fourth-order valence-electron chi connectivity index (χ4n) is 1.76. The van der Waals surface area contributed by atoms with Crippen LogP contribution in [0, 0.1) is 11.6 Å². The molecule has 2 rings (SSSR count). The summed E-state index contributed by atoms with van der Waals surface area (Å²) in [6, 6.07) is 4.66. The van der Waals surface area contributed by atoms with Crippen LogP contribution in [0.5, 0.6) is 5.75 Å². The predicted molar refractivity (Wildman–Crippen MR) is 66.4 cm³/mol. The number of halogens is 2. The number of hydrazine groups is 1. The first-order valence-corrected chi connectivity index (χ1v) is 6.08. The average molecular weight is 270 g/mol. The molecule has 1 aromatic carbocycles. The number of methoxy groups -OCH3 is 1. The van der Waals surface area contributed by atoms with E-state index in [0.717, 1.165) is 0 Å². The lowest BCUT2D eigenvalue weighted by atomic mass is 10.0. The number of benzene rings is 1. The molecule has 1 aromatic heterocycles. The number of thiophene rings is 1. The summed E-state index contributed by atoms with van der Waals surface area (Å²) in [6.07, 6.45) is 0. The predicted octanol–water partition coefficient (Wildman–Crippen LogP) is 2.59. The molecule has 18 heavy (non-hydrogen) atoms. The summed E-state index contributed by atoms with van der Waals surface area (Å²) in [7, 11) is 1.50. The highest BCUT2D eigenvalue weighted by Crippen LogP contribution is 2.36. The highest BCUT2D eigenvalue weighted by molar-refractivity contribution is 7.10. The quantitative estimate of drug-likeness (QED) is 0.663. The molecule has 0 spiro atoms. The molecular weight excluding hydrogens is 258 g/mol. The van der Waals surface area contributed by atoms with E-state index in [1.165, 1.54) is 36.6 Å². The van der Waals surface area contributed by atoms with Crippen molar-refractivity contribution in [1.82, 2.24) is 5.43 Å². The minimum Gasteiger partial charge on any atom is -0.496 e. The standard InChI is InChI=1S/C12H12F2N2OS/c1-17-9-5-6-18-12(9)11(16-15)10-7(13)3-2-4-8(10)14/h2-6,11,16H,15H2,1H3. The van der Waals surface area contributed by atoms with Crippen LogP contribution in [0.1, 0.15) is 16.5 Å². The normalized spacial score (nSPS) is 12.4. The average Bonchev–Trinajstić information content (AvgIpc) is 2.82. The van der Waals surface area contributed by atoms with Crippen molar-refractivity contribution in [2.75, 3.05) is 7.11 Å². The topological polar surface area (TPSA) is 47.3 Å². The Bertz CT molecular complexity index is 524. The summed E-state index contributed by atoms with van der Waals surface area (Å²) in [5.74, 6) is 4.68. The highest BCUT2D eigenvalue weighted by Gasteiger charge is 2.24. The Morgan fingerprint density at radius 1 is 1.28 bits per heavy atom. The van der Waals surface area contributed by atoms with Gasteiger partial charge < -0.3 is 4.74 Å². The van der Waals surface area contributed by atoms with E-state index in [-0.39, 0.29) is 5.56 Å². The zero-order valence-corrected chi connectivity index (χ0v) is 10.4. The maximum absolute atomic E-state index is 13.7. The summed E-state index contributed by atoms with van der Waals surface area (Å²) in [5, 5.41) is 1.78. The molecule has 0 aliphatic heterocycles. The van der Waals surface area contributed by atoms with Gasteiger partial charge in [0.05, 0.1) is 18.0 Å². The van der Waals surface area contributed by atoms with Gasteiger partial charge in [0.2, 0.25) is 0 Å². The maximum atomic E-state index is 13.7. The van der Waals surface area contributed by atoms with Crippen LogP contribution in [0.25, 0.3) is 0 Å². The zero-order valence-electron chi connectivity index (χ0n) is 9.61. The molecule has 1 heterocycles. The number of nitrogens with two attached hydrogens (primary N) is 1. The fourth-order valence-corrected chi connectivity index (χ4v) is 2.69. The smallest absolute Gasteiger partial charge is 0.134 e. The van der Waals surface area contributed by atoms with E-state index < -0.39 is 17.7 Å². The minimum atomic E-state index is -0.777. The van der Waals surface area contributed by atoms with Crippen molar-refractivity contribution in [1.29, 1.82) is 0 Å². The van der Waals surface area contributed by atoms with Gasteiger partial charge in [0.25, 0.3) is 0 Å². The number of nitrogens with one attached hydrogen (secondary N) is 1. The van der Waals surface area contributed by atoms with Crippen LogP contribution in [-0.4, -0.2) is 7.11 Å². The lowest BCUT2D eigenvalue weighted by molar-refractivity contribution is 0.405. The number of hydrogen-bond donors (Lipinski definition) is 2.